The van der Waals surface area contributed by atoms with E-state index in [0.29, 0.717) is 4.90 Å². The number of hydrogen-bond acceptors (Lipinski definition) is 3. The van der Waals surface area contributed by atoms with Crippen LogP contribution in [0.25, 0.3) is 0 Å². The van der Waals surface area contributed by atoms with Crippen molar-refractivity contribution in [3.05, 3.63) is 16.7 Å². The number of rotatable bonds is 1. The maximum atomic E-state index is 11.5. The lowest BCUT2D eigenvalue weighted by Crippen LogP contribution is -2.03. The lowest BCUT2D eigenvalue weighted by atomic mass is 10.5. The monoisotopic (exact) mass is 248 g/mol. The van der Waals surface area contributed by atoms with Crippen LogP contribution in [0.1, 0.15) is 0 Å². The highest BCUT2D eigenvalue weighted by Crippen LogP contribution is 2.19. The van der Waals surface area contributed by atoms with Gasteiger partial charge in [0, 0.05) is 16.9 Å². The molecule has 1 aromatic rings. The number of nitrogens with zero attached hydrogens (tertiary/aromatic N) is 1. The number of halogens is 1. The molecule has 12 heavy (non-hydrogen) atoms. The summed E-state index contributed by atoms with van der Waals surface area (Å²) in [6, 6.07) is 1.68. The van der Waals surface area contributed by atoms with Gasteiger partial charge in [-0.1, -0.05) is 0 Å². The van der Waals surface area contributed by atoms with E-state index < -0.39 is 9.52 Å². The predicted molar refractivity (Wildman–Crippen MR) is 55.8 cm³/mol. The fourth-order valence-electron chi connectivity index (χ4n) is 0.777. The summed E-state index contributed by atoms with van der Waals surface area (Å²) in [5.74, 6) is 3.81. The summed E-state index contributed by atoms with van der Waals surface area (Å²) < 4.78 is 12.3. The molecule has 1 atom stereocenters. The Morgan fingerprint density at radius 1 is 1.75 bits per heavy atom. The molecule has 5 heteroatoms. The Bertz CT molecular complexity index is 400. The van der Waals surface area contributed by atoms with Crippen LogP contribution < -0.4 is 5.73 Å². The molecule has 0 aromatic carbocycles. The minimum Gasteiger partial charge on any atom is -0.383 e. The van der Waals surface area contributed by atoms with Gasteiger partial charge in [-0.15, -0.1) is 0 Å². The molecule has 0 saturated carbocycles. The van der Waals surface area contributed by atoms with Crippen molar-refractivity contribution in [2.45, 2.75) is 4.90 Å². The predicted octanol–water partition coefficient (Wildman–Crippen LogP) is 1.13. The molecule has 1 rings (SSSR count). The second-order valence-electron chi connectivity index (χ2n) is 2.54. The quantitative estimate of drug-likeness (QED) is 0.759. The van der Waals surface area contributed by atoms with Crippen LogP contribution in [-0.4, -0.2) is 21.3 Å². The number of aromatic nitrogens is 1. The van der Waals surface area contributed by atoms with E-state index in [0.717, 1.165) is 4.47 Å². The van der Waals surface area contributed by atoms with E-state index in [4.69, 9.17) is 5.73 Å². The maximum absolute atomic E-state index is 11.5. The molecular weight excluding hydrogens is 240 g/mol. The van der Waals surface area contributed by atoms with Gasteiger partial charge in [0.25, 0.3) is 0 Å². The van der Waals surface area contributed by atoms with Gasteiger partial charge in [0.15, 0.2) is 0 Å². The smallest absolute Gasteiger partial charge is 0.139 e. The summed E-state index contributed by atoms with van der Waals surface area (Å²) in [5.41, 5.74) is 5.52. The van der Waals surface area contributed by atoms with E-state index in [2.05, 4.69) is 26.8 Å². The number of hydrogen-bond donors (Lipinski definition) is 1. The second kappa shape index (κ2) is 3.06. The van der Waals surface area contributed by atoms with Gasteiger partial charge in [-0.3, -0.25) is 4.21 Å². The third-order valence-electron chi connectivity index (χ3n) is 1.31. The highest BCUT2D eigenvalue weighted by atomic mass is 79.9. The maximum Gasteiger partial charge on any atom is 0.139 e. The summed E-state index contributed by atoms with van der Waals surface area (Å²) in [4.78, 5) is 4.35. The van der Waals surface area contributed by atoms with Crippen molar-refractivity contribution in [3.8, 4) is 0 Å². The second-order valence-corrected chi connectivity index (χ2v) is 5.91. The minimum absolute atomic E-state index is 0.278. The van der Waals surface area contributed by atoms with E-state index in [9.17, 15) is 4.21 Å². The van der Waals surface area contributed by atoms with Crippen molar-refractivity contribution in [1.29, 1.82) is 0 Å². The Hall–Kier alpha value is -0.550. The van der Waals surface area contributed by atoms with Crippen LogP contribution in [0.3, 0.4) is 0 Å². The van der Waals surface area contributed by atoms with Gasteiger partial charge in [-0.25, -0.2) is 4.98 Å². The van der Waals surface area contributed by atoms with Crippen molar-refractivity contribution in [1.82, 2.24) is 4.98 Å². The summed E-state index contributed by atoms with van der Waals surface area (Å²) in [6.07, 6.45) is 3.09. The fraction of sp³-hybridized carbons (Fsp3) is 0.143. The molecule has 66 valence electrons. The zero-order valence-electron chi connectivity index (χ0n) is 6.58. The van der Waals surface area contributed by atoms with E-state index in [-0.39, 0.29) is 5.82 Å². The Labute approximate surface area is 80.1 Å². The van der Waals surface area contributed by atoms with Crippen LogP contribution in [-0.2, 0) is 9.52 Å². The number of anilines is 1. The molecule has 0 amide bonds. The molecule has 1 heterocycles. The van der Waals surface area contributed by atoms with E-state index >= 15 is 0 Å². The molecule has 0 aliphatic heterocycles. The van der Waals surface area contributed by atoms with Crippen molar-refractivity contribution in [2.75, 3.05) is 12.0 Å². The normalized spacial score (nSPS) is 15.5. The fourth-order valence-corrected chi connectivity index (χ4v) is 2.13. The molecule has 0 bridgehead atoms. The lowest BCUT2D eigenvalue weighted by molar-refractivity contribution is 0.685. The number of pyridine rings is 1. The Balaban J connectivity index is 3.43. The largest absolute Gasteiger partial charge is 0.383 e. The van der Waals surface area contributed by atoms with E-state index in [1.54, 1.807) is 12.3 Å². The van der Waals surface area contributed by atoms with Crippen LogP contribution in [0.5, 0.6) is 0 Å². The summed E-state index contributed by atoms with van der Waals surface area (Å²) in [5, 5.41) is 0. The highest BCUT2D eigenvalue weighted by Gasteiger charge is 2.07. The van der Waals surface area contributed by atoms with Gasteiger partial charge < -0.3 is 5.73 Å². The summed E-state index contributed by atoms with van der Waals surface area (Å²) >= 11 is 3.22. The van der Waals surface area contributed by atoms with Gasteiger partial charge in [0.05, 0.1) is 4.90 Å². The van der Waals surface area contributed by atoms with Crippen molar-refractivity contribution in [2.24, 2.45) is 0 Å². The topological polar surface area (TPSA) is 56.0 Å². The van der Waals surface area contributed by atoms with Gasteiger partial charge in [-0.05, 0) is 37.4 Å². The highest BCUT2D eigenvalue weighted by molar-refractivity contribution is 9.10. The first kappa shape index (κ1) is 9.54. The van der Waals surface area contributed by atoms with Crippen LogP contribution in [0.4, 0.5) is 5.82 Å². The van der Waals surface area contributed by atoms with Gasteiger partial charge in [0.2, 0.25) is 0 Å². The van der Waals surface area contributed by atoms with Crippen LogP contribution in [0.2, 0.25) is 0 Å². The van der Waals surface area contributed by atoms with Crippen LogP contribution in [0, 0.1) is 0 Å². The first-order chi connectivity index (χ1) is 5.41. The van der Waals surface area contributed by atoms with Crippen molar-refractivity contribution >= 4 is 37.1 Å². The van der Waals surface area contributed by atoms with E-state index in [1.807, 2.05) is 0 Å². The van der Waals surface area contributed by atoms with Gasteiger partial charge in [-0.2, -0.15) is 0 Å². The van der Waals surface area contributed by atoms with E-state index in [1.165, 1.54) is 6.26 Å². The summed E-state index contributed by atoms with van der Waals surface area (Å²) in [6.45, 7) is 0. The summed E-state index contributed by atoms with van der Waals surface area (Å²) in [7, 11) is -2.27. The lowest BCUT2D eigenvalue weighted by Gasteiger charge is -2.05. The third kappa shape index (κ3) is 1.98. The molecule has 0 aliphatic carbocycles. The van der Waals surface area contributed by atoms with Crippen molar-refractivity contribution in [3.63, 3.8) is 0 Å². The minimum atomic E-state index is -2.27. The Morgan fingerprint density at radius 2 is 2.33 bits per heavy atom. The molecule has 0 radical (unpaired) electrons. The molecule has 0 saturated heterocycles. The van der Waals surface area contributed by atoms with Gasteiger partial charge in [0.1, 0.15) is 5.82 Å². The molecule has 1 unspecified atom stereocenters. The molecule has 0 aliphatic rings. The van der Waals surface area contributed by atoms with Crippen LogP contribution in [0.15, 0.2) is 21.6 Å². The van der Waals surface area contributed by atoms with Crippen LogP contribution >= 0.6 is 15.9 Å². The number of nitrogen functional groups attached to an aromatic ring is 1. The zero-order valence-corrected chi connectivity index (χ0v) is 8.98. The zero-order chi connectivity index (χ0) is 9.35. The average molecular weight is 249 g/mol. The Kier molecular flexibility index (Phi) is 2.44. The standard InChI is InChI=1S/C7H9BrN2OS/c1-12(2,11)6-3-5(8)4-10-7(6)9/h3-4H,1H2,2H3,(H2,9,10). The third-order valence-corrected chi connectivity index (χ3v) is 3.00. The first-order valence-electron chi connectivity index (χ1n) is 3.14. The molecule has 2 N–H and O–H groups in total. The molecule has 0 spiro atoms. The first-order valence-corrected chi connectivity index (χ1v) is 6.07. The molecule has 3 nitrogen and oxygen atoms in total. The molecule has 0 fully saturated rings. The van der Waals surface area contributed by atoms with Gasteiger partial charge >= 0.3 is 0 Å². The Morgan fingerprint density at radius 3 is 2.75 bits per heavy atom. The SMILES string of the molecule is C=S(C)(=O)c1cc(Br)cnc1N. The molecular formula is C7H9BrN2OS. The number of nitrogens with two attached hydrogens (primary N) is 1. The average Bonchev–Trinajstić information content (AvgIpc) is 1.92. The van der Waals surface area contributed by atoms with Crippen molar-refractivity contribution < 1.29 is 4.21 Å². The molecule has 1 aromatic heterocycles.